The van der Waals surface area contributed by atoms with Gasteiger partial charge in [-0.3, -0.25) is 4.90 Å². The predicted molar refractivity (Wildman–Crippen MR) is 95.3 cm³/mol. The smallest absolute Gasteiger partial charge is 0.406 e. The van der Waals surface area contributed by atoms with Crippen LogP contribution < -0.4 is 10.1 Å². The number of nitrogens with one attached hydrogen (secondary N) is 1. The van der Waals surface area contributed by atoms with Gasteiger partial charge in [0.2, 0.25) is 0 Å². The van der Waals surface area contributed by atoms with Crippen molar-refractivity contribution in [2.24, 2.45) is 5.92 Å². The molecular weight excluding hydrogens is 357 g/mol. The predicted octanol–water partition coefficient (Wildman–Crippen LogP) is 3.94. The number of benzene rings is 1. The first-order valence-electron chi connectivity index (χ1n) is 9.09. The van der Waals surface area contributed by atoms with Gasteiger partial charge in [-0.1, -0.05) is 0 Å². The van der Waals surface area contributed by atoms with Crippen molar-refractivity contribution in [3.63, 3.8) is 0 Å². The summed E-state index contributed by atoms with van der Waals surface area (Å²) in [7, 11) is 0. The van der Waals surface area contributed by atoms with Crippen molar-refractivity contribution in [1.29, 1.82) is 0 Å². The molecule has 0 spiro atoms. The van der Waals surface area contributed by atoms with E-state index in [1.165, 1.54) is 50.2 Å². The number of hydrogen-bond donors (Lipinski definition) is 1. The molecule has 3 saturated heterocycles. The van der Waals surface area contributed by atoms with E-state index in [-0.39, 0.29) is 5.75 Å². The molecule has 3 aliphatic rings. The van der Waals surface area contributed by atoms with Gasteiger partial charge in [0.1, 0.15) is 11.6 Å². The van der Waals surface area contributed by atoms with Gasteiger partial charge in [0.15, 0.2) is 0 Å². The Kier molecular flexibility index (Phi) is 4.67. The van der Waals surface area contributed by atoms with Gasteiger partial charge in [-0.2, -0.15) is 0 Å². The number of halogens is 3. The minimum absolute atomic E-state index is 0.256. The zero-order chi connectivity index (χ0) is 19.0. The molecule has 0 saturated carbocycles. The number of hydrogen-bond acceptors (Lipinski definition) is 5. The Labute approximate surface area is 155 Å². The second kappa shape index (κ2) is 6.99. The van der Waals surface area contributed by atoms with Crippen molar-refractivity contribution in [2.75, 3.05) is 18.4 Å². The van der Waals surface area contributed by atoms with Gasteiger partial charge in [0.25, 0.3) is 0 Å². The van der Waals surface area contributed by atoms with E-state index in [0.717, 1.165) is 5.82 Å². The van der Waals surface area contributed by atoms with Crippen LogP contribution in [0.4, 0.5) is 19.0 Å². The van der Waals surface area contributed by atoms with Gasteiger partial charge in [-0.05, 0) is 75.2 Å². The normalized spacial score (nSPS) is 27.4. The topological polar surface area (TPSA) is 50.3 Å². The van der Waals surface area contributed by atoms with E-state index in [1.807, 2.05) is 12.1 Å². The fraction of sp³-hybridized carbons (Fsp3) is 0.474. The SMILES string of the molecule is CC1C(Nc2ccc(-c3ccc(OC(F)(F)F)cc3)nn2)C2CCN1CC2. The summed E-state index contributed by atoms with van der Waals surface area (Å²) in [6, 6.07) is 10.1. The minimum Gasteiger partial charge on any atom is -0.406 e. The lowest BCUT2D eigenvalue weighted by atomic mass is 9.79. The van der Waals surface area contributed by atoms with Gasteiger partial charge in [-0.25, -0.2) is 0 Å². The van der Waals surface area contributed by atoms with Gasteiger partial charge in [-0.15, -0.1) is 23.4 Å². The van der Waals surface area contributed by atoms with Crippen LogP contribution in [0.3, 0.4) is 0 Å². The third-order valence-corrected chi connectivity index (χ3v) is 5.54. The molecule has 144 valence electrons. The molecular formula is C19H21F3N4O. The lowest BCUT2D eigenvalue weighted by Gasteiger charge is -2.50. The Morgan fingerprint density at radius 2 is 1.74 bits per heavy atom. The van der Waals surface area contributed by atoms with Gasteiger partial charge >= 0.3 is 6.36 Å². The van der Waals surface area contributed by atoms with E-state index in [0.29, 0.717) is 29.3 Å². The average molecular weight is 378 g/mol. The lowest BCUT2D eigenvalue weighted by molar-refractivity contribution is -0.274. The van der Waals surface area contributed by atoms with Crippen LogP contribution in [-0.2, 0) is 0 Å². The van der Waals surface area contributed by atoms with Crippen LogP contribution in [0.15, 0.2) is 36.4 Å². The van der Waals surface area contributed by atoms with E-state index in [4.69, 9.17) is 0 Å². The molecule has 4 heterocycles. The molecule has 2 aromatic rings. The number of fused-ring (bicyclic) bond motifs is 3. The number of rotatable bonds is 4. The highest BCUT2D eigenvalue weighted by Crippen LogP contribution is 2.34. The van der Waals surface area contributed by atoms with Crippen LogP contribution >= 0.6 is 0 Å². The highest BCUT2D eigenvalue weighted by atomic mass is 19.4. The Morgan fingerprint density at radius 1 is 1.04 bits per heavy atom. The summed E-state index contributed by atoms with van der Waals surface area (Å²) < 4.78 is 40.6. The molecule has 27 heavy (non-hydrogen) atoms. The Balaban J connectivity index is 1.43. The fourth-order valence-electron chi connectivity index (χ4n) is 4.11. The molecule has 2 bridgehead atoms. The fourth-order valence-corrected chi connectivity index (χ4v) is 4.11. The number of alkyl halides is 3. The summed E-state index contributed by atoms with van der Waals surface area (Å²) in [5.74, 6) is 1.13. The quantitative estimate of drug-likeness (QED) is 0.874. The van der Waals surface area contributed by atoms with Crippen LogP contribution in [0, 0.1) is 5.92 Å². The number of piperidine rings is 3. The zero-order valence-corrected chi connectivity index (χ0v) is 14.9. The van der Waals surface area contributed by atoms with E-state index in [1.54, 1.807) is 0 Å². The third kappa shape index (κ3) is 4.00. The van der Waals surface area contributed by atoms with Gasteiger partial charge < -0.3 is 10.1 Å². The molecule has 5 rings (SSSR count). The van der Waals surface area contributed by atoms with E-state index in [2.05, 4.69) is 32.1 Å². The molecule has 0 radical (unpaired) electrons. The summed E-state index contributed by atoms with van der Waals surface area (Å²) in [6.45, 7) is 4.58. The number of ether oxygens (including phenoxy) is 1. The maximum atomic E-state index is 12.2. The van der Waals surface area contributed by atoms with Crippen LogP contribution in [0.25, 0.3) is 11.3 Å². The van der Waals surface area contributed by atoms with Crippen LogP contribution in [0.2, 0.25) is 0 Å². The molecule has 3 fully saturated rings. The first-order chi connectivity index (χ1) is 12.9. The zero-order valence-electron chi connectivity index (χ0n) is 14.9. The van der Waals surface area contributed by atoms with Gasteiger partial charge in [0, 0.05) is 17.6 Å². The average Bonchev–Trinajstić information content (AvgIpc) is 2.65. The molecule has 3 aliphatic heterocycles. The summed E-state index contributed by atoms with van der Waals surface area (Å²) in [6.07, 6.45) is -2.28. The van der Waals surface area contributed by atoms with Gasteiger partial charge in [0.05, 0.1) is 5.69 Å². The minimum atomic E-state index is -4.69. The molecule has 1 N–H and O–H groups in total. The molecule has 1 aromatic heterocycles. The maximum absolute atomic E-state index is 12.2. The second-order valence-electron chi connectivity index (χ2n) is 7.16. The summed E-state index contributed by atoms with van der Waals surface area (Å²) in [5, 5.41) is 12.0. The maximum Gasteiger partial charge on any atom is 0.573 e. The molecule has 2 unspecified atom stereocenters. The van der Waals surface area contributed by atoms with Crippen molar-refractivity contribution in [1.82, 2.24) is 15.1 Å². The van der Waals surface area contributed by atoms with Crippen molar-refractivity contribution in [3.05, 3.63) is 36.4 Å². The van der Waals surface area contributed by atoms with Crippen molar-refractivity contribution in [3.8, 4) is 17.0 Å². The molecule has 0 aliphatic carbocycles. The first-order valence-corrected chi connectivity index (χ1v) is 9.09. The molecule has 2 atom stereocenters. The van der Waals surface area contributed by atoms with Crippen LogP contribution in [-0.4, -0.2) is 46.6 Å². The summed E-state index contributed by atoms with van der Waals surface area (Å²) in [4.78, 5) is 2.50. The monoisotopic (exact) mass is 378 g/mol. The standard InChI is InChI=1S/C19H21F3N4O/c1-12-18(14-8-10-26(12)11-9-14)23-17-7-6-16(24-25-17)13-2-4-15(5-3-13)27-19(20,21)22/h2-7,12,14,18H,8-11H2,1H3,(H,23,25). The molecule has 1 aromatic carbocycles. The highest BCUT2D eigenvalue weighted by Gasteiger charge is 2.39. The molecule has 5 nitrogen and oxygen atoms in total. The number of anilines is 1. The van der Waals surface area contributed by atoms with E-state index < -0.39 is 6.36 Å². The lowest BCUT2D eigenvalue weighted by Crippen LogP contribution is -2.59. The highest BCUT2D eigenvalue weighted by molar-refractivity contribution is 5.60. The number of nitrogens with zero attached hydrogens (tertiary/aromatic N) is 3. The van der Waals surface area contributed by atoms with E-state index in [9.17, 15) is 13.2 Å². The molecule has 0 amide bonds. The largest absolute Gasteiger partial charge is 0.573 e. The van der Waals surface area contributed by atoms with Crippen molar-refractivity contribution < 1.29 is 17.9 Å². The van der Waals surface area contributed by atoms with Crippen molar-refractivity contribution in [2.45, 2.75) is 38.2 Å². The van der Waals surface area contributed by atoms with E-state index >= 15 is 0 Å². The van der Waals surface area contributed by atoms with Crippen LogP contribution in [0.5, 0.6) is 5.75 Å². The first kappa shape index (κ1) is 18.0. The Hall–Kier alpha value is -2.35. The Morgan fingerprint density at radius 3 is 2.30 bits per heavy atom. The summed E-state index contributed by atoms with van der Waals surface area (Å²) >= 11 is 0. The number of aromatic nitrogens is 2. The Bertz CT molecular complexity index is 769. The van der Waals surface area contributed by atoms with Crippen LogP contribution in [0.1, 0.15) is 19.8 Å². The molecule has 8 heteroatoms. The second-order valence-corrected chi connectivity index (χ2v) is 7.16. The van der Waals surface area contributed by atoms with Crippen molar-refractivity contribution >= 4 is 5.82 Å². The summed E-state index contributed by atoms with van der Waals surface area (Å²) in [5.41, 5.74) is 1.28. The third-order valence-electron chi connectivity index (χ3n) is 5.54.